The van der Waals surface area contributed by atoms with Gasteiger partial charge in [-0.1, -0.05) is 20.3 Å². The number of nitrogens with two attached hydrogens (primary N) is 2. The summed E-state index contributed by atoms with van der Waals surface area (Å²) in [7, 11) is 0. The van der Waals surface area contributed by atoms with Crippen molar-refractivity contribution in [1.29, 1.82) is 0 Å². The Kier molecular flexibility index (Phi) is 7.81. The van der Waals surface area contributed by atoms with Gasteiger partial charge in [-0.15, -0.1) is 12.4 Å². The van der Waals surface area contributed by atoms with Gasteiger partial charge in [-0.25, -0.2) is 4.98 Å². The van der Waals surface area contributed by atoms with Crippen LogP contribution in [0.2, 0.25) is 0 Å². The van der Waals surface area contributed by atoms with Crippen molar-refractivity contribution in [2.45, 2.75) is 33.0 Å². The van der Waals surface area contributed by atoms with Gasteiger partial charge in [0.2, 0.25) is 5.95 Å². The molecular formula is C14H23ClN6O4. The highest BCUT2D eigenvalue weighted by Crippen LogP contribution is 2.07. The number of ether oxygens (including phenoxy) is 2. The van der Waals surface area contributed by atoms with Crippen molar-refractivity contribution in [2.75, 3.05) is 18.9 Å². The Hall–Kier alpha value is -2.17. The first-order chi connectivity index (χ1) is 11.4. The molecule has 10 nitrogen and oxygen atoms in total. The lowest BCUT2D eigenvalue weighted by Gasteiger charge is -2.16. The number of anilines is 1. The van der Waals surface area contributed by atoms with Gasteiger partial charge < -0.3 is 20.9 Å². The molecule has 11 heteroatoms. The Morgan fingerprint density at radius 2 is 2.16 bits per heavy atom. The van der Waals surface area contributed by atoms with E-state index in [9.17, 15) is 9.59 Å². The number of aromatic nitrogens is 4. The number of H-pyrrole nitrogens is 1. The Bertz CT molecular complexity index is 761. The highest BCUT2D eigenvalue weighted by molar-refractivity contribution is 5.85. The molecule has 0 saturated carbocycles. The number of imidazole rings is 1. The molecule has 0 aliphatic rings. The number of fused-ring (bicyclic) bond motifs is 1. The van der Waals surface area contributed by atoms with Crippen LogP contribution in [0.15, 0.2) is 11.1 Å². The molecule has 0 radical (unpaired) electrons. The quantitative estimate of drug-likeness (QED) is 0.431. The number of nitrogen functional groups attached to an aromatic ring is 1. The SMILES string of the molecule is CC[C@H](C)[C@H](N)C(=O)OCCOCn1cnc2c(=O)[nH]c(N)nc21.Cl. The van der Waals surface area contributed by atoms with Gasteiger partial charge in [0, 0.05) is 0 Å². The Balaban J connectivity index is 0.00000312. The summed E-state index contributed by atoms with van der Waals surface area (Å²) in [5, 5.41) is 0. The van der Waals surface area contributed by atoms with Gasteiger partial charge in [0.15, 0.2) is 11.2 Å². The average Bonchev–Trinajstić information content (AvgIpc) is 2.96. The van der Waals surface area contributed by atoms with E-state index < -0.39 is 17.6 Å². The molecule has 0 fully saturated rings. The number of esters is 1. The van der Waals surface area contributed by atoms with E-state index in [1.807, 2.05) is 13.8 Å². The highest BCUT2D eigenvalue weighted by Gasteiger charge is 2.20. The van der Waals surface area contributed by atoms with Crippen LogP contribution in [0.3, 0.4) is 0 Å². The molecule has 0 unspecified atom stereocenters. The van der Waals surface area contributed by atoms with E-state index >= 15 is 0 Å². The van der Waals surface area contributed by atoms with Crippen LogP contribution in [-0.4, -0.2) is 44.7 Å². The lowest BCUT2D eigenvalue weighted by molar-refractivity contribution is -0.148. The number of carbonyl (C=O) groups is 1. The molecule has 2 aromatic heterocycles. The molecule has 2 atom stereocenters. The summed E-state index contributed by atoms with van der Waals surface area (Å²) in [6.45, 7) is 4.22. The van der Waals surface area contributed by atoms with Crippen LogP contribution < -0.4 is 17.0 Å². The van der Waals surface area contributed by atoms with Crippen molar-refractivity contribution in [3.8, 4) is 0 Å². The second kappa shape index (κ2) is 9.35. The van der Waals surface area contributed by atoms with E-state index in [0.29, 0.717) is 5.65 Å². The van der Waals surface area contributed by atoms with Crippen LogP contribution in [0, 0.1) is 5.92 Å². The van der Waals surface area contributed by atoms with Crippen molar-refractivity contribution >= 4 is 35.5 Å². The van der Waals surface area contributed by atoms with Gasteiger partial charge in [-0.05, 0) is 5.92 Å². The van der Waals surface area contributed by atoms with Crippen LogP contribution in [0.4, 0.5) is 5.95 Å². The molecule has 0 aliphatic heterocycles. The smallest absolute Gasteiger partial charge is 0.323 e. The zero-order valence-electron chi connectivity index (χ0n) is 14.1. The average molecular weight is 375 g/mol. The minimum atomic E-state index is -0.633. The third-order valence-electron chi connectivity index (χ3n) is 3.72. The maximum absolute atomic E-state index is 11.7. The van der Waals surface area contributed by atoms with E-state index in [-0.39, 0.29) is 49.7 Å². The predicted octanol–water partition coefficient (Wildman–Crippen LogP) is 0.0143. The number of aromatic amines is 1. The number of hydrogen-bond acceptors (Lipinski definition) is 8. The zero-order valence-corrected chi connectivity index (χ0v) is 14.9. The highest BCUT2D eigenvalue weighted by atomic mass is 35.5. The van der Waals surface area contributed by atoms with E-state index in [4.69, 9.17) is 20.9 Å². The number of halogens is 1. The van der Waals surface area contributed by atoms with Gasteiger partial charge in [-0.2, -0.15) is 4.98 Å². The topological polar surface area (TPSA) is 151 Å². The third-order valence-corrected chi connectivity index (χ3v) is 3.72. The largest absolute Gasteiger partial charge is 0.462 e. The summed E-state index contributed by atoms with van der Waals surface area (Å²) in [5.41, 5.74) is 11.4. The fourth-order valence-electron chi connectivity index (χ4n) is 2.01. The van der Waals surface area contributed by atoms with Crippen LogP contribution in [0.25, 0.3) is 11.2 Å². The molecule has 2 aromatic rings. The molecule has 0 spiro atoms. The lowest BCUT2D eigenvalue weighted by Crippen LogP contribution is -2.38. The predicted molar refractivity (Wildman–Crippen MR) is 94.2 cm³/mol. The molecule has 0 bridgehead atoms. The van der Waals surface area contributed by atoms with E-state index in [2.05, 4.69) is 15.0 Å². The van der Waals surface area contributed by atoms with E-state index in [1.54, 1.807) is 0 Å². The summed E-state index contributed by atoms with van der Waals surface area (Å²) in [4.78, 5) is 33.7. The first-order valence-electron chi connectivity index (χ1n) is 7.64. The van der Waals surface area contributed by atoms with Gasteiger partial charge in [0.05, 0.1) is 12.9 Å². The summed E-state index contributed by atoms with van der Waals surface area (Å²) in [6, 6.07) is -0.633. The van der Waals surface area contributed by atoms with Crippen molar-refractivity contribution < 1.29 is 14.3 Å². The summed E-state index contributed by atoms with van der Waals surface area (Å²) in [6.07, 6.45) is 2.23. The van der Waals surface area contributed by atoms with Gasteiger partial charge in [-0.3, -0.25) is 19.1 Å². The van der Waals surface area contributed by atoms with Gasteiger partial charge in [0.25, 0.3) is 5.56 Å². The lowest BCUT2D eigenvalue weighted by atomic mass is 10.0. The van der Waals surface area contributed by atoms with Crippen LogP contribution >= 0.6 is 12.4 Å². The normalized spacial score (nSPS) is 13.2. The number of carbonyl (C=O) groups excluding carboxylic acids is 1. The minimum Gasteiger partial charge on any atom is -0.462 e. The van der Waals surface area contributed by atoms with Gasteiger partial charge in [0.1, 0.15) is 19.4 Å². The van der Waals surface area contributed by atoms with Crippen molar-refractivity contribution in [2.24, 2.45) is 11.7 Å². The Labute approximate surface area is 150 Å². The monoisotopic (exact) mass is 374 g/mol. The standard InChI is InChI=1S/C14H22N6O4.ClH/c1-3-8(2)9(15)13(22)24-5-4-23-7-20-6-17-10-11(20)18-14(16)19-12(10)21;/h6,8-9H,3-5,7,15H2,1-2H3,(H3,16,18,19,21);1H/t8-,9-;/m0./s1. The molecule has 25 heavy (non-hydrogen) atoms. The van der Waals surface area contributed by atoms with E-state index in [0.717, 1.165) is 6.42 Å². The minimum absolute atomic E-state index is 0. The zero-order chi connectivity index (χ0) is 17.7. The molecular weight excluding hydrogens is 352 g/mol. The van der Waals surface area contributed by atoms with Gasteiger partial charge >= 0.3 is 5.97 Å². The second-order valence-electron chi connectivity index (χ2n) is 5.45. The molecule has 2 rings (SSSR count). The fraction of sp³-hybridized carbons (Fsp3) is 0.571. The van der Waals surface area contributed by atoms with Crippen molar-refractivity contribution in [1.82, 2.24) is 19.5 Å². The molecule has 2 heterocycles. The number of rotatable bonds is 8. The molecule has 0 aliphatic carbocycles. The fourth-order valence-corrected chi connectivity index (χ4v) is 2.01. The second-order valence-corrected chi connectivity index (χ2v) is 5.45. The van der Waals surface area contributed by atoms with Crippen molar-refractivity contribution in [3.63, 3.8) is 0 Å². The summed E-state index contributed by atoms with van der Waals surface area (Å²) >= 11 is 0. The molecule has 0 saturated heterocycles. The number of nitrogens with one attached hydrogen (secondary N) is 1. The molecule has 0 amide bonds. The first-order valence-corrected chi connectivity index (χ1v) is 7.64. The van der Waals surface area contributed by atoms with Crippen LogP contribution in [0.1, 0.15) is 20.3 Å². The molecule has 0 aromatic carbocycles. The third kappa shape index (κ3) is 5.15. The van der Waals surface area contributed by atoms with Crippen molar-refractivity contribution in [3.05, 3.63) is 16.7 Å². The van der Waals surface area contributed by atoms with Crippen LogP contribution in [-0.2, 0) is 21.0 Å². The molecule has 5 N–H and O–H groups in total. The Morgan fingerprint density at radius 1 is 1.44 bits per heavy atom. The summed E-state index contributed by atoms with van der Waals surface area (Å²) < 4.78 is 12.0. The summed E-state index contributed by atoms with van der Waals surface area (Å²) in [5.74, 6) is -0.380. The number of hydrogen-bond donors (Lipinski definition) is 3. The first kappa shape index (κ1) is 20.9. The maximum atomic E-state index is 11.7. The Morgan fingerprint density at radius 3 is 2.84 bits per heavy atom. The van der Waals surface area contributed by atoms with E-state index in [1.165, 1.54) is 10.9 Å². The maximum Gasteiger partial charge on any atom is 0.323 e. The van der Waals surface area contributed by atoms with Crippen LogP contribution in [0.5, 0.6) is 0 Å². The molecule has 140 valence electrons. The number of nitrogens with zero attached hydrogens (tertiary/aromatic N) is 3.